The molecule has 1 fully saturated rings. The molecule has 1 saturated carbocycles. The van der Waals surface area contributed by atoms with Crippen LogP contribution in [0.25, 0.3) is 0 Å². The van der Waals surface area contributed by atoms with Gasteiger partial charge in [0.2, 0.25) is 17.5 Å². The van der Waals surface area contributed by atoms with E-state index in [2.05, 4.69) is 32.2 Å². The third kappa shape index (κ3) is 4.07. The summed E-state index contributed by atoms with van der Waals surface area (Å²) in [5.74, 6) is 5.92. The number of hydrogen-bond donors (Lipinski definition) is 2. The molecular formula is C17H18N4O4. The molecule has 8 heteroatoms. The van der Waals surface area contributed by atoms with E-state index in [1.807, 2.05) is 0 Å². The van der Waals surface area contributed by atoms with Gasteiger partial charge >= 0.3 is 5.97 Å². The predicted octanol–water partition coefficient (Wildman–Crippen LogP) is 2.63. The number of nitrogens with zero attached hydrogens (tertiary/aromatic N) is 3. The fourth-order valence-corrected chi connectivity index (χ4v) is 2.69. The summed E-state index contributed by atoms with van der Waals surface area (Å²) in [6.45, 7) is 0. The van der Waals surface area contributed by atoms with Crippen LogP contribution in [-0.2, 0) is 0 Å². The maximum absolute atomic E-state index is 11.0. The number of rotatable bonds is 4. The first-order valence-electron chi connectivity index (χ1n) is 8.06. The first-order valence-corrected chi connectivity index (χ1v) is 8.06. The maximum atomic E-state index is 11.0. The minimum atomic E-state index is -1.22. The van der Waals surface area contributed by atoms with Gasteiger partial charge in [-0.25, -0.2) is 9.89 Å². The average molecular weight is 342 g/mol. The summed E-state index contributed by atoms with van der Waals surface area (Å²) in [6.07, 6.45) is 6.01. The normalized spacial score (nSPS) is 14.4. The summed E-state index contributed by atoms with van der Waals surface area (Å²) in [7, 11) is 1.50. The SMILES string of the molecule is COc1nc(Oc2nn[nH]c2C(=O)O)ccc1C#CC1CCCCC1. The molecule has 2 aromatic heterocycles. The van der Waals surface area contributed by atoms with Gasteiger partial charge in [0, 0.05) is 12.0 Å². The Bertz CT molecular complexity index is 816. The molecule has 0 unspecified atom stereocenters. The van der Waals surface area contributed by atoms with Crippen LogP contribution in [0.15, 0.2) is 12.1 Å². The Labute approximate surface area is 144 Å². The van der Waals surface area contributed by atoms with Gasteiger partial charge in [-0.3, -0.25) is 0 Å². The van der Waals surface area contributed by atoms with Crippen LogP contribution in [0.2, 0.25) is 0 Å². The number of carboxylic acids is 1. The molecule has 0 saturated heterocycles. The first-order chi connectivity index (χ1) is 12.2. The molecule has 0 atom stereocenters. The van der Waals surface area contributed by atoms with E-state index in [4.69, 9.17) is 14.6 Å². The molecule has 0 spiro atoms. The number of ether oxygens (including phenoxy) is 2. The number of aromatic amines is 1. The van der Waals surface area contributed by atoms with E-state index >= 15 is 0 Å². The minimum absolute atomic E-state index is 0.150. The van der Waals surface area contributed by atoms with Crippen LogP contribution in [0, 0.1) is 17.8 Å². The van der Waals surface area contributed by atoms with Crippen molar-refractivity contribution >= 4 is 5.97 Å². The standard InChI is InChI=1S/C17H18N4O4/c1-24-15-12(8-7-11-5-3-2-4-6-11)9-10-13(18-15)25-16-14(17(22)23)19-21-20-16/h9-11H,2-6H2,1H3,(H,22,23)(H,19,20,21). The number of H-pyrrole nitrogens is 1. The summed E-state index contributed by atoms with van der Waals surface area (Å²) in [6, 6.07) is 3.32. The molecule has 0 aromatic carbocycles. The summed E-state index contributed by atoms with van der Waals surface area (Å²) < 4.78 is 10.6. The topological polar surface area (TPSA) is 110 Å². The van der Waals surface area contributed by atoms with Crippen LogP contribution in [-0.4, -0.2) is 38.6 Å². The number of aromatic nitrogens is 4. The smallest absolute Gasteiger partial charge is 0.359 e. The van der Waals surface area contributed by atoms with Crippen LogP contribution in [0.4, 0.5) is 0 Å². The number of hydrogen-bond acceptors (Lipinski definition) is 6. The fraction of sp³-hybridized carbons (Fsp3) is 0.412. The predicted molar refractivity (Wildman–Crippen MR) is 87.7 cm³/mol. The van der Waals surface area contributed by atoms with Crippen LogP contribution >= 0.6 is 0 Å². The molecule has 2 aromatic rings. The van der Waals surface area contributed by atoms with Crippen molar-refractivity contribution in [3.63, 3.8) is 0 Å². The van der Waals surface area contributed by atoms with Crippen molar-refractivity contribution in [3.8, 4) is 29.5 Å². The maximum Gasteiger partial charge on any atom is 0.359 e. The summed E-state index contributed by atoms with van der Waals surface area (Å²) in [5.41, 5.74) is 0.418. The monoisotopic (exact) mass is 342 g/mol. The van der Waals surface area contributed by atoms with E-state index in [9.17, 15) is 4.79 Å². The Morgan fingerprint density at radius 1 is 1.28 bits per heavy atom. The number of carboxylic acid groups (broad SMARTS) is 1. The molecule has 0 amide bonds. The molecule has 0 aliphatic heterocycles. The molecule has 2 heterocycles. The van der Waals surface area contributed by atoms with E-state index in [1.165, 1.54) is 26.4 Å². The van der Waals surface area contributed by atoms with Gasteiger partial charge in [0.25, 0.3) is 5.88 Å². The molecule has 2 N–H and O–H groups in total. The van der Waals surface area contributed by atoms with Crippen LogP contribution in [0.5, 0.6) is 17.6 Å². The minimum Gasteiger partial charge on any atom is -0.480 e. The van der Waals surface area contributed by atoms with E-state index in [-0.39, 0.29) is 17.5 Å². The van der Waals surface area contributed by atoms with Gasteiger partial charge in [-0.15, -0.1) is 0 Å². The average Bonchev–Trinajstić information content (AvgIpc) is 3.10. The highest BCUT2D eigenvalue weighted by atomic mass is 16.5. The Kier molecular flexibility index (Phi) is 5.14. The molecule has 0 bridgehead atoms. The Morgan fingerprint density at radius 2 is 2.08 bits per heavy atom. The zero-order valence-corrected chi connectivity index (χ0v) is 13.8. The largest absolute Gasteiger partial charge is 0.480 e. The second-order valence-electron chi connectivity index (χ2n) is 5.71. The van der Waals surface area contributed by atoms with E-state index in [1.54, 1.807) is 12.1 Å². The summed E-state index contributed by atoms with van der Waals surface area (Å²) >= 11 is 0. The second-order valence-corrected chi connectivity index (χ2v) is 5.71. The van der Waals surface area contributed by atoms with Crippen LogP contribution < -0.4 is 9.47 Å². The molecule has 130 valence electrons. The van der Waals surface area contributed by atoms with Gasteiger partial charge in [-0.2, -0.15) is 4.98 Å². The van der Waals surface area contributed by atoms with Crippen molar-refractivity contribution in [2.45, 2.75) is 32.1 Å². The molecular weight excluding hydrogens is 324 g/mol. The zero-order valence-electron chi connectivity index (χ0n) is 13.8. The number of pyridine rings is 1. The lowest BCUT2D eigenvalue weighted by Crippen LogP contribution is -2.03. The van der Waals surface area contributed by atoms with Crippen molar-refractivity contribution in [1.82, 2.24) is 20.4 Å². The lowest BCUT2D eigenvalue weighted by Gasteiger charge is -2.15. The highest BCUT2D eigenvalue weighted by molar-refractivity contribution is 5.87. The molecule has 25 heavy (non-hydrogen) atoms. The lowest BCUT2D eigenvalue weighted by atomic mass is 9.90. The van der Waals surface area contributed by atoms with Crippen molar-refractivity contribution in [2.24, 2.45) is 5.92 Å². The number of aromatic carboxylic acids is 1. The van der Waals surface area contributed by atoms with E-state index in [0.717, 1.165) is 12.8 Å². The lowest BCUT2D eigenvalue weighted by molar-refractivity contribution is 0.0687. The van der Waals surface area contributed by atoms with Crippen molar-refractivity contribution < 1.29 is 19.4 Å². The summed E-state index contributed by atoms with van der Waals surface area (Å²) in [5, 5.41) is 18.3. The van der Waals surface area contributed by atoms with Gasteiger partial charge in [-0.05, 0) is 18.9 Å². The molecule has 3 rings (SSSR count). The van der Waals surface area contributed by atoms with E-state index in [0.29, 0.717) is 17.4 Å². The number of methoxy groups -OCH3 is 1. The van der Waals surface area contributed by atoms with Crippen LogP contribution in [0.1, 0.15) is 48.2 Å². The first kappa shape index (κ1) is 16.8. The number of carbonyl (C=O) groups is 1. The summed E-state index contributed by atoms with van der Waals surface area (Å²) in [4.78, 5) is 15.2. The van der Waals surface area contributed by atoms with Gasteiger partial charge in [0.05, 0.1) is 12.7 Å². The Balaban J connectivity index is 1.78. The molecule has 1 aliphatic carbocycles. The highest BCUT2D eigenvalue weighted by Crippen LogP contribution is 2.26. The van der Waals surface area contributed by atoms with Gasteiger partial charge < -0.3 is 14.6 Å². The fourth-order valence-electron chi connectivity index (χ4n) is 2.69. The number of nitrogens with one attached hydrogen (secondary N) is 1. The Hall–Kier alpha value is -3.08. The third-order valence-corrected chi connectivity index (χ3v) is 3.98. The van der Waals surface area contributed by atoms with Crippen molar-refractivity contribution in [1.29, 1.82) is 0 Å². The van der Waals surface area contributed by atoms with E-state index < -0.39 is 5.97 Å². The highest BCUT2D eigenvalue weighted by Gasteiger charge is 2.18. The third-order valence-electron chi connectivity index (χ3n) is 3.98. The molecule has 8 nitrogen and oxygen atoms in total. The second kappa shape index (κ2) is 7.66. The van der Waals surface area contributed by atoms with Gasteiger partial charge in [0.1, 0.15) is 0 Å². The van der Waals surface area contributed by atoms with Crippen molar-refractivity contribution in [3.05, 3.63) is 23.4 Å². The van der Waals surface area contributed by atoms with Crippen LogP contribution in [0.3, 0.4) is 0 Å². The Morgan fingerprint density at radius 3 is 2.80 bits per heavy atom. The van der Waals surface area contributed by atoms with Gasteiger partial charge in [0.15, 0.2) is 0 Å². The quantitative estimate of drug-likeness (QED) is 0.822. The van der Waals surface area contributed by atoms with Crippen molar-refractivity contribution in [2.75, 3.05) is 7.11 Å². The van der Waals surface area contributed by atoms with Gasteiger partial charge in [-0.1, -0.05) is 41.4 Å². The molecule has 0 radical (unpaired) electrons. The molecule has 1 aliphatic rings. The zero-order chi connectivity index (χ0) is 17.6.